The van der Waals surface area contributed by atoms with Crippen molar-refractivity contribution in [1.82, 2.24) is 0 Å². The van der Waals surface area contributed by atoms with Crippen molar-refractivity contribution in [2.75, 3.05) is 0 Å². The van der Waals surface area contributed by atoms with Gasteiger partial charge in [0.2, 0.25) is 0 Å². The number of carbonyl (C=O) groups excluding carboxylic acids is 1. The van der Waals surface area contributed by atoms with Crippen LogP contribution in [0.2, 0.25) is 0 Å². The fourth-order valence-corrected chi connectivity index (χ4v) is 2.62. The molecule has 1 saturated carbocycles. The third-order valence-corrected chi connectivity index (χ3v) is 3.70. The van der Waals surface area contributed by atoms with Gasteiger partial charge in [-0.3, -0.25) is 4.79 Å². The van der Waals surface area contributed by atoms with Crippen LogP contribution in [0.25, 0.3) is 0 Å². The molecule has 2 rings (SSSR count). The van der Waals surface area contributed by atoms with Gasteiger partial charge in [0.25, 0.3) is 0 Å². The van der Waals surface area contributed by atoms with Crippen LogP contribution in [0.4, 0.5) is 0 Å². The second-order valence-corrected chi connectivity index (χ2v) is 4.69. The highest BCUT2D eigenvalue weighted by Crippen LogP contribution is 2.38. The van der Waals surface area contributed by atoms with Gasteiger partial charge < -0.3 is 4.74 Å². The normalized spacial score (nSPS) is 45.2. The zero-order valence-electron chi connectivity index (χ0n) is 8.45. The van der Waals surface area contributed by atoms with Gasteiger partial charge >= 0.3 is 5.97 Å². The first kappa shape index (κ1) is 9.04. The summed E-state index contributed by atoms with van der Waals surface area (Å²) in [7, 11) is 0. The third-order valence-electron chi connectivity index (χ3n) is 3.70. The summed E-state index contributed by atoms with van der Waals surface area (Å²) in [5.41, 5.74) is 0. The van der Waals surface area contributed by atoms with E-state index in [-0.39, 0.29) is 18.0 Å². The molecule has 0 aromatic heterocycles. The Balaban J connectivity index is 2.07. The Kier molecular flexibility index (Phi) is 2.31. The largest absolute Gasteiger partial charge is 0.462 e. The van der Waals surface area contributed by atoms with Crippen molar-refractivity contribution in [2.45, 2.75) is 45.6 Å². The molecule has 1 heterocycles. The minimum Gasteiger partial charge on any atom is -0.462 e. The van der Waals surface area contributed by atoms with Crippen LogP contribution in [0, 0.1) is 17.8 Å². The van der Waals surface area contributed by atoms with Crippen molar-refractivity contribution in [3.05, 3.63) is 0 Å². The van der Waals surface area contributed by atoms with Crippen molar-refractivity contribution in [1.29, 1.82) is 0 Å². The van der Waals surface area contributed by atoms with Gasteiger partial charge in [-0.25, -0.2) is 0 Å². The third kappa shape index (κ3) is 1.59. The SMILES string of the molecule is C[C@H]1CC[C@@H]2[C@H](CC1)OC(=O)[C@@H]2C. The molecule has 0 bridgehead atoms. The number of ether oxygens (including phenoxy) is 1. The maximum absolute atomic E-state index is 11.3. The first-order valence-electron chi connectivity index (χ1n) is 5.39. The minimum atomic E-state index is 0.0320. The molecule has 0 radical (unpaired) electrons. The predicted octanol–water partition coefficient (Wildman–Crippen LogP) is 2.37. The Morgan fingerprint density at radius 2 is 1.85 bits per heavy atom. The van der Waals surface area contributed by atoms with Crippen molar-refractivity contribution >= 4 is 5.97 Å². The number of fused-ring (bicyclic) bond motifs is 1. The highest BCUT2D eigenvalue weighted by atomic mass is 16.6. The summed E-state index contributed by atoms with van der Waals surface area (Å²) in [5, 5.41) is 0. The fraction of sp³-hybridized carbons (Fsp3) is 0.909. The lowest BCUT2D eigenvalue weighted by atomic mass is 9.88. The molecule has 0 unspecified atom stereocenters. The summed E-state index contributed by atoms with van der Waals surface area (Å²) in [5.74, 6) is 1.51. The second-order valence-electron chi connectivity index (χ2n) is 4.69. The number of hydrogen-bond donors (Lipinski definition) is 0. The van der Waals surface area contributed by atoms with Gasteiger partial charge in [0.05, 0.1) is 5.92 Å². The van der Waals surface area contributed by atoms with E-state index in [2.05, 4.69) is 6.92 Å². The van der Waals surface area contributed by atoms with Crippen LogP contribution in [0.15, 0.2) is 0 Å². The zero-order valence-corrected chi connectivity index (χ0v) is 8.45. The van der Waals surface area contributed by atoms with E-state index in [9.17, 15) is 4.79 Å². The van der Waals surface area contributed by atoms with Crippen molar-refractivity contribution < 1.29 is 9.53 Å². The van der Waals surface area contributed by atoms with E-state index in [1.54, 1.807) is 0 Å². The molecule has 0 spiro atoms. The maximum atomic E-state index is 11.3. The molecule has 0 aromatic rings. The Labute approximate surface area is 79.7 Å². The zero-order chi connectivity index (χ0) is 9.42. The molecule has 2 nitrogen and oxygen atoms in total. The summed E-state index contributed by atoms with van der Waals surface area (Å²) in [4.78, 5) is 11.3. The Morgan fingerprint density at radius 3 is 2.62 bits per heavy atom. The quantitative estimate of drug-likeness (QED) is 0.538. The fourth-order valence-electron chi connectivity index (χ4n) is 2.62. The lowest BCUT2D eigenvalue weighted by Crippen LogP contribution is -2.17. The van der Waals surface area contributed by atoms with Crippen molar-refractivity contribution in [3.63, 3.8) is 0 Å². The van der Waals surface area contributed by atoms with Crippen LogP contribution in [0.5, 0.6) is 0 Å². The molecule has 1 saturated heterocycles. The average Bonchev–Trinajstić information content (AvgIpc) is 2.28. The maximum Gasteiger partial charge on any atom is 0.309 e. The van der Waals surface area contributed by atoms with E-state index in [0.29, 0.717) is 5.92 Å². The van der Waals surface area contributed by atoms with E-state index >= 15 is 0 Å². The lowest BCUT2D eigenvalue weighted by molar-refractivity contribution is -0.144. The smallest absolute Gasteiger partial charge is 0.309 e. The number of hydrogen-bond acceptors (Lipinski definition) is 2. The topological polar surface area (TPSA) is 26.3 Å². The van der Waals surface area contributed by atoms with Gasteiger partial charge in [0.15, 0.2) is 0 Å². The molecule has 1 aliphatic carbocycles. The van der Waals surface area contributed by atoms with Crippen LogP contribution < -0.4 is 0 Å². The molecule has 0 N–H and O–H groups in total. The number of esters is 1. The van der Waals surface area contributed by atoms with E-state index in [1.165, 1.54) is 19.3 Å². The molecule has 0 aromatic carbocycles. The van der Waals surface area contributed by atoms with Crippen LogP contribution in [-0.2, 0) is 9.53 Å². The summed E-state index contributed by atoms with van der Waals surface area (Å²) in [6.45, 7) is 4.32. The molecule has 0 amide bonds. The lowest BCUT2D eigenvalue weighted by Gasteiger charge is -2.14. The van der Waals surface area contributed by atoms with Crippen molar-refractivity contribution in [2.24, 2.45) is 17.8 Å². The summed E-state index contributed by atoms with van der Waals surface area (Å²) < 4.78 is 5.37. The molecular weight excluding hydrogens is 164 g/mol. The van der Waals surface area contributed by atoms with Gasteiger partial charge in [0, 0.05) is 5.92 Å². The molecule has 74 valence electrons. The van der Waals surface area contributed by atoms with Crippen LogP contribution in [0.1, 0.15) is 39.5 Å². The highest BCUT2D eigenvalue weighted by molar-refractivity contribution is 5.74. The van der Waals surface area contributed by atoms with Gasteiger partial charge in [0.1, 0.15) is 6.10 Å². The van der Waals surface area contributed by atoms with E-state index in [1.807, 2.05) is 6.92 Å². The molecule has 2 heteroatoms. The predicted molar refractivity (Wildman–Crippen MR) is 50.2 cm³/mol. The molecular formula is C11H18O2. The van der Waals surface area contributed by atoms with Crippen LogP contribution >= 0.6 is 0 Å². The Hall–Kier alpha value is -0.530. The van der Waals surface area contributed by atoms with E-state index in [4.69, 9.17) is 4.74 Å². The summed E-state index contributed by atoms with van der Waals surface area (Å²) >= 11 is 0. The molecule has 2 fully saturated rings. The standard InChI is InChI=1S/C11H18O2/c1-7-3-5-9-8(2)11(12)13-10(9)6-4-7/h7-10H,3-6H2,1-2H3/t7-,8+,9-,10-/m0/s1. The molecule has 2 aliphatic rings. The molecule has 4 atom stereocenters. The van der Waals surface area contributed by atoms with Gasteiger partial charge in [-0.05, 0) is 25.2 Å². The Morgan fingerprint density at radius 1 is 1.15 bits per heavy atom. The number of rotatable bonds is 0. The van der Waals surface area contributed by atoms with Crippen LogP contribution in [-0.4, -0.2) is 12.1 Å². The minimum absolute atomic E-state index is 0.0320. The van der Waals surface area contributed by atoms with Gasteiger partial charge in [-0.15, -0.1) is 0 Å². The average molecular weight is 182 g/mol. The highest BCUT2D eigenvalue weighted by Gasteiger charge is 2.42. The Bertz CT molecular complexity index is 212. The monoisotopic (exact) mass is 182 g/mol. The number of carbonyl (C=O) groups is 1. The first-order valence-corrected chi connectivity index (χ1v) is 5.39. The van der Waals surface area contributed by atoms with Gasteiger partial charge in [-0.1, -0.05) is 20.3 Å². The van der Waals surface area contributed by atoms with Crippen LogP contribution in [0.3, 0.4) is 0 Å². The van der Waals surface area contributed by atoms with Crippen molar-refractivity contribution in [3.8, 4) is 0 Å². The summed E-state index contributed by atoms with van der Waals surface area (Å²) in [6.07, 6.45) is 5.00. The van der Waals surface area contributed by atoms with E-state index in [0.717, 1.165) is 12.3 Å². The van der Waals surface area contributed by atoms with Gasteiger partial charge in [-0.2, -0.15) is 0 Å². The van der Waals surface area contributed by atoms with E-state index < -0.39 is 0 Å². The second kappa shape index (κ2) is 3.32. The summed E-state index contributed by atoms with van der Waals surface area (Å²) in [6, 6.07) is 0. The molecule has 1 aliphatic heterocycles. The molecule has 13 heavy (non-hydrogen) atoms. The first-order chi connectivity index (χ1) is 6.18.